The lowest BCUT2D eigenvalue weighted by Gasteiger charge is -2.31. The van der Waals surface area contributed by atoms with Crippen molar-refractivity contribution >= 4 is 28.6 Å². The highest BCUT2D eigenvalue weighted by molar-refractivity contribution is 6.03. The molecule has 0 aliphatic carbocycles. The fourth-order valence-corrected chi connectivity index (χ4v) is 4.07. The summed E-state index contributed by atoms with van der Waals surface area (Å²) in [5, 5.41) is 13.2. The minimum absolute atomic E-state index is 0.165. The molecule has 1 atom stereocenters. The van der Waals surface area contributed by atoms with E-state index in [1.165, 1.54) is 0 Å². The fraction of sp³-hybridized carbons (Fsp3) is 0.120. The second-order valence-corrected chi connectivity index (χ2v) is 7.29. The summed E-state index contributed by atoms with van der Waals surface area (Å²) in [6.07, 6.45) is 0. The van der Waals surface area contributed by atoms with Crippen LogP contribution in [0.3, 0.4) is 0 Å². The summed E-state index contributed by atoms with van der Waals surface area (Å²) in [7, 11) is 0. The Balaban J connectivity index is 1.83. The number of anilines is 1. The van der Waals surface area contributed by atoms with E-state index in [-0.39, 0.29) is 12.4 Å². The van der Waals surface area contributed by atoms with Crippen LogP contribution in [0.25, 0.3) is 16.7 Å². The summed E-state index contributed by atoms with van der Waals surface area (Å²) < 4.78 is 7.51. The van der Waals surface area contributed by atoms with Crippen LogP contribution in [-0.2, 0) is 9.53 Å². The Morgan fingerprint density at radius 3 is 2.48 bits per heavy atom. The molecule has 0 amide bonds. The zero-order chi connectivity index (χ0) is 21.4. The lowest BCUT2D eigenvalue weighted by molar-refractivity contribution is -0.138. The van der Waals surface area contributed by atoms with Crippen LogP contribution in [0.15, 0.2) is 84.4 Å². The molecule has 2 N–H and O–H groups in total. The summed E-state index contributed by atoms with van der Waals surface area (Å²) in [6.45, 7) is 2.06. The Labute approximate surface area is 179 Å². The normalized spacial score (nSPS) is 15.5. The molecule has 1 aliphatic rings. The van der Waals surface area contributed by atoms with Crippen molar-refractivity contribution in [1.29, 1.82) is 0 Å². The van der Waals surface area contributed by atoms with Crippen molar-refractivity contribution in [2.75, 3.05) is 11.9 Å². The van der Waals surface area contributed by atoms with Crippen molar-refractivity contribution in [3.05, 3.63) is 95.6 Å². The number of hydrogen-bond donors (Lipinski definition) is 2. The van der Waals surface area contributed by atoms with Gasteiger partial charge in [0.25, 0.3) is 0 Å². The molecule has 0 spiro atoms. The van der Waals surface area contributed by atoms with Crippen LogP contribution < -0.4 is 5.32 Å². The van der Waals surface area contributed by atoms with Crippen LogP contribution in [0.4, 0.5) is 5.95 Å². The van der Waals surface area contributed by atoms with Crippen LogP contribution in [0, 0.1) is 0 Å². The quantitative estimate of drug-likeness (QED) is 0.475. The first kappa shape index (κ1) is 18.9. The molecule has 6 nitrogen and oxygen atoms in total. The van der Waals surface area contributed by atoms with Crippen molar-refractivity contribution in [3.63, 3.8) is 0 Å². The number of nitrogens with zero attached hydrogens (tertiary/aromatic N) is 2. The summed E-state index contributed by atoms with van der Waals surface area (Å²) in [4.78, 5) is 18.1. The predicted octanol–water partition coefficient (Wildman–Crippen LogP) is 4.73. The van der Waals surface area contributed by atoms with Gasteiger partial charge in [0.1, 0.15) is 5.75 Å². The summed E-state index contributed by atoms with van der Waals surface area (Å²) >= 11 is 0. The van der Waals surface area contributed by atoms with Crippen molar-refractivity contribution in [3.8, 4) is 5.75 Å². The van der Waals surface area contributed by atoms with E-state index in [0.29, 0.717) is 17.2 Å². The maximum atomic E-state index is 13.3. The first-order chi connectivity index (χ1) is 15.2. The van der Waals surface area contributed by atoms with E-state index in [0.717, 1.165) is 22.2 Å². The van der Waals surface area contributed by atoms with Crippen LogP contribution in [0.1, 0.15) is 24.1 Å². The van der Waals surface area contributed by atoms with Gasteiger partial charge in [0, 0.05) is 0 Å². The number of aromatic nitrogens is 2. The van der Waals surface area contributed by atoms with E-state index >= 15 is 0 Å². The fourth-order valence-electron chi connectivity index (χ4n) is 4.07. The van der Waals surface area contributed by atoms with Gasteiger partial charge >= 0.3 is 5.97 Å². The number of aromatic hydroxyl groups is 1. The maximum absolute atomic E-state index is 13.3. The zero-order valence-electron chi connectivity index (χ0n) is 16.9. The Morgan fingerprint density at radius 2 is 1.74 bits per heavy atom. The molecule has 1 aliphatic heterocycles. The summed E-state index contributed by atoms with van der Waals surface area (Å²) in [5.41, 5.74) is 4.60. The Hall–Kier alpha value is -4.06. The van der Waals surface area contributed by atoms with Gasteiger partial charge in [-0.15, -0.1) is 0 Å². The average Bonchev–Trinajstić information content (AvgIpc) is 3.17. The molecule has 1 unspecified atom stereocenters. The van der Waals surface area contributed by atoms with Crippen molar-refractivity contribution < 1.29 is 14.6 Å². The van der Waals surface area contributed by atoms with E-state index in [4.69, 9.17) is 9.72 Å². The van der Waals surface area contributed by atoms with Gasteiger partial charge in [0.05, 0.1) is 35.0 Å². The van der Waals surface area contributed by atoms with Crippen LogP contribution >= 0.6 is 0 Å². The first-order valence-corrected chi connectivity index (χ1v) is 10.2. The second kappa shape index (κ2) is 7.65. The molecule has 154 valence electrons. The monoisotopic (exact) mass is 411 g/mol. The number of rotatable bonds is 4. The van der Waals surface area contributed by atoms with Crippen LogP contribution in [-0.4, -0.2) is 27.2 Å². The Bertz CT molecular complexity index is 1290. The van der Waals surface area contributed by atoms with Gasteiger partial charge < -0.3 is 15.2 Å². The highest BCUT2D eigenvalue weighted by Gasteiger charge is 2.36. The minimum Gasteiger partial charge on any atom is -0.508 e. The number of phenols is 1. The predicted molar refractivity (Wildman–Crippen MR) is 120 cm³/mol. The topological polar surface area (TPSA) is 76.4 Å². The van der Waals surface area contributed by atoms with E-state index < -0.39 is 12.0 Å². The van der Waals surface area contributed by atoms with Gasteiger partial charge in [-0.05, 0) is 42.3 Å². The standard InChI is InChI=1S/C25H21N3O3/c1-2-31-24(30)21-22(16-8-4-3-5-9-16)27-25-26-19-10-6-7-11-20(19)28(25)23(21)17-12-14-18(29)15-13-17/h3-15,23,29H,2H2,1H3,(H,26,27). The molecule has 1 aromatic heterocycles. The molecule has 3 aromatic carbocycles. The smallest absolute Gasteiger partial charge is 0.338 e. The molecular formula is C25H21N3O3. The number of hydrogen-bond acceptors (Lipinski definition) is 5. The van der Waals surface area contributed by atoms with E-state index in [1.807, 2.05) is 71.3 Å². The molecule has 0 radical (unpaired) electrons. The molecule has 31 heavy (non-hydrogen) atoms. The number of imidazole rings is 1. The summed E-state index contributed by atoms with van der Waals surface area (Å²) in [6, 6.07) is 23.9. The molecule has 0 saturated carbocycles. The molecule has 0 saturated heterocycles. The zero-order valence-corrected chi connectivity index (χ0v) is 16.9. The first-order valence-electron chi connectivity index (χ1n) is 10.2. The molecule has 0 bridgehead atoms. The number of ether oxygens (including phenoxy) is 1. The molecule has 4 aromatic rings. The SMILES string of the molecule is CCOC(=O)C1=C(c2ccccc2)Nc2nc3ccccc3n2C1c1ccc(O)cc1. The largest absolute Gasteiger partial charge is 0.508 e. The number of esters is 1. The number of nitrogens with one attached hydrogen (secondary N) is 1. The van der Waals surface area contributed by atoms with Gasteiger partial charge in [0.15, 0.2) is 0 Å². The van der Waals surface area contributed by atoms with Crippen molar-refractivity contribution in [1.82, 2.24) is 9.55 Å². The maximum Gasteiger partial charge on any atom is 0.338 e. The molecule has 2 heterocycles. The highest BCUT2D eigenvalue weighted by atomic mass is 16.5. The van der Waals surface area contributed by atoms with E-state index in [2.05, 4.69) is 5.32 Å². The number of para-hydroxylation sites is 2. The third-order valence-electron chi connectivity index (χ3n) is 5.40. The third kappa shape index (κ3) is 3.22. The number of benzene rings is 3. The van der Waals surface area contributed by atoms with Gasteiger partial charge in [0.2, 0.25) is 5.95 Å². The molecule has 6 heteroatoms. The molecule has 0 fully saturated rings. The number of carbonyl (C=O) groups is 1. The molecule has 5 rings (SSSR count). The number of fused-ring (bicyclic) bond motifs is 3. The third-order valence-corrected chi connectivity index (χ3v) is 5.40. The minimum atomic E-state index is -0.474. The molecular weight excluding hydrogens is 390 g/mol. The average molecular weight is 411 g/mol. The Kier molecular flexibility index (Phi) is 4.67. The van der Waals surface area contributed by atoms with E-state index in [9.17, 15) is 9.90 Å². The van der Waals surface area contributed by atoms with E-state index in [1.54, 1.807) is 19.1 Å². The lowest BCUT2D eigenvalue weighted by atomic mass is 9.92. The highest BCUT2D eigenvalue weighted by Crippen LogP contribution is 2.42. The number of phenolic OH excluding ortho intramolecular Hbond substituents is 1. The van der Waals surface area contributed by atoms with Crippen LogP contribution in [0.2, 0.25) is 0 Å². The van der Waals surface area contributed by atoms with Gasteiger partial charge in [-0.1, -0.05) is 54.6 Å². The number of carbonyl (C=O) groups excluding carboxylic acids is 1. The van der Waals surface area contributed by atoms with Crippen molar-refractivity contribution in [2.45, 2.75) is 13.0 Å². The lowest BCUT2D eigenvalue weighted by Crippen LogP contribution is -2.29. The second-order valence-electron chi connectivity index (χ2n) is 7.29. The van der Waals surface area contributed by atoms with Gasteiger partial charge in [-0.3, -0.25) is 4.57 Å². The van der Waals surface area contributed by atoms with Crippen LogP contribution in [0.5, 0.6) is 5.75 Å². The Morgan fingerprint density at radius 1 is 1.03 bits per heavy atom. The van der Waals surface area contributed by atoms with Gasteiger partial charge in [-0.25, -0.2) is 9.78 Å². The van der Waals surface area contributed by atoms with Crippen molar-refractivity contribution in [2.24, 2.45) is 0 Å². The van der Waals surface area contributed by atoms with Gasteiger partial charge in [-0.2, -0.15) is 0 Å². The summed E-state index contributed by atoms with van der Waals surface area (Å²) in [5.74, 6) is 0.417.